The summed E-state index contributed by atoms with van der Waals surface area (Å²) in [6.45, 7) is 40.2. The minimum absolute atomic E-state index is 0.0281. The molecular formula is C62H90B3Br3N4O11S2. The smallest absolute Gasteiger partial charge is 0.478 e. The van der Waals surface area contributed by atoms with E-state index in [0.717, 1.165) is 46.0 Å². The number of aliphatic imine (C=N–C) groups is 2. The first-order valence-electron chi connectivity index (χ1n) is 28.2. The van der Waals surface area contributed by atoms with Crippen molar-refractivity contribution in [1.29, 1.82) is 0 Å². The molecule has 0 radical (unpaired) electrons. The third kappa shape index (κ3) is 22.2. The van der Waals surface area contributed by atoms with Gasteiger partial charge in [-0.15, -0.1) is 23.5 Å². The molecule has 5 aliphatic rings. The number of aliphatic hydroxyl groups excluding tert-OH is 2. The Bertz CT molecular complexity index is 2910. The van der Waals surface area contributed by atoms with E-state index in [4.69, 9.17) is 59.0 Å². The number of aromatic carboxylic acids is 1. The third-order valence-corrected chi connectivity index (χ3v) is 19.2. The van der Waals surface area contributed by atoms with Gasteiger partial charge < -0.3 is 54.3 Å². The highest BCUT2D eigenvalue weighted by Crippen LogP contribution is 2.43. The van der Waals surface area contributed by atoms with Crippen LogP contribution in [0.5, 0.6) is 0 Å². The lowest BCUT2D eigenvalue weighted by atomic mass is 9.49. The number of hydrogen-bond donors (Lipinski definition) is 5. The van der Waals surface area contributed by atoms with Crippen molar-refractivity contribution in [3.63, 3.8) is 0 Å². The fourth-order valence-electron chi connectivity index (χ4n) is 7.55. The zero-order valence-corrected chi connectivity index (χ0v) is 59.7. The van der Waals surface area contributed by atoms with E-state index in [2.05, 4.69) is 145 Å². The van der Waals surface area contributed by atoms with Crippen LogP contribution in [0, 0.1) is 0 Å². The molecule has 6 N–H and O–H groups in total. The van der Waals surface area contributed by atoms with E-state index in [0.29, 0.717) is 11.1 Å². The Morgan fingerprint density at radius 1 is 0.541 bits per heavy atom. The van der Waals surface area contributed by atoms with Crippen LogP contribution >= 0.6 is 71.3 Å². The van der Waals surface area contributed by atoms with E-state index in [1.54, 1.807) is 70.2 Å². The molecule has 23 heteroatoms. The van der Waals surface area contributed by atoms with E-state index >= 15 is 0 Å². The van der Waals surface area contributed by atoms with E-state index < -0.39 is 31.1 Å². The second-order valence-electron chi connectivity index (χ2n) is 27.0. The van der Waals surface area contributed by atoms with Gasteiger partial charge in [-0.25, -0.2) is 4.79 Å². The zero-order valence-electron chi connectivity index (χ0n) is 53.3. The van der Waals surface area contributed by atoms with Gasteiger partial charge in [0.25, 0.3) is 5.91 Å². The molecule has 3 saturated heterocycles. The highest BCUT2D eigenvalue weighted by molar-refractivity contribution is 9.11. The Balaban J connectivity index is 0.000000226. The number of carboxylic acids is 1. The second-order valence-corrected chi connectivity index (χ2v) is 31.7. The second kappa shape index (κ2) is 29.4. The molecule has 0 aromatic heterocycles. The summed E-state index contributed by atoms with van der Waals surface area (Å²) in [5, 5.41) is 30.8. The molecule has 15 nitrogen and oxygen atoms in total. The molecule has 0 bridgehead atoms. The molecule has 4 aromatic carbocycles. The summed E-state index contributed by atoms with van der Waals surface area (Å²) in [6, 6.07) is 30.4. The number of aliphatic hydroxyl groups is 2. The molecule has 0 unspecified atom stereocenters. The Labute approximate surface area is 541 Å². The standard InChI is InChI=1S/C17H24BNO2S.C12H24B2O4.C11H14BrNO2.C11H12BrNS.C7H5BrO2.C4H11NO/c1-15(2)11-22-14(19-15)12-8-7-9-13(10-12)18-20-16(3,4)17(5,6)21-18;1-9(2)10(3,4)16-13(15-9)14-17-11(5,6)12(7,8)18-14;1-11(2,7-14)13-10(15)8-4-3-5-9(12)6-8;1-11(2)7-14-10(13-11)8-4-3-5-9(12)6-8;8-6-3-1-2-5(4-6)7(9)10;1-4(2,5)3-6/h7-10H,11H2,1-6H3;1-8H3;3-6,14H,7H2,1-2H3,(H,13,15);3-6H,7H2,1-2H3;1-4H,(H,9,10);6H,3,5H2,1-2H3. The average Bonchev–Trinajstić information content (AvgIpc) is 1.81. The van der Waals surface area contributed by atoms with Crippen LogP contribution in [-0.2, 0) is 27.9 Å². The normalized spacial score (nSPS) is 20.5. The minimum Gasteiger partial charge on any atom is -0.478 e. The van der Waals surface area contributed by atoms with E-state index in [1.165, 1.54) is 5.56 Å². The van der Waals surface area contributed by atoms with Gasteiger partial charge in [0, 0.05) is 47.2 Å². The number of benzene rings is 4. The summed E-state index contributed by atoms with van der Waals surface area (Å²) in [6.07, 6.45) is 0. The topological polar surface area (TPSA) is 213 Å². The maximum Gasteiger partial charge on any atom is 0.494 e. The fourth-order valence-corrected chi connectivity index (χ4v) is 11.1. The van der Waals surface area contributed by atoms with E-state index in [9.17, 15) is 9.59 Å². The van der Waals surface area contributed by atoms with Crippen molar-refractivity contribution in [2.75, 3.05) is 24.7 Å². The summed E-state index contributed by atoms with van der Waals surface area (Å²) in [5.41, 5.74) is 6.66. The summed E-state index contributed by atoms with van der Waals surface area (Å²) >= 11 is 13.6. The number of hydrogen-bond acceptors (Lipinski definition) is 15. The number of nitrogens with two attached hydrogens (primary N) is 1. The SMILES string of the molecule is CC(C)(CO)NC(=O)c1cccc(Br)c1.CC(C)(N)CO.CC1(C)CSC(c2cccc(B3OC(C)(C)C(C)(C)O3)c2)=N1.CC1(C)CSC(c2cccc(Br)c2)=N1.CC1(C)OB(B2OC(C)(C)C(C)(C)O2)OC1(C)C.O=C(O)c1cccc(Br)c1. The maximum absolute atomic E-state index is 11.7. The van der Waals surface area contributed by atoms with Crippen LogP contribution in [0.1, 0.15) is 170 Å². The van der Waals surface area contributed by atoms with Crippen molar-refractivity contribution in [3.8, 4) is 0 Å². The lowest BCUT2D eigenvalue weighted by molar-refractivity contribution is 0.00578. The van der Waals surface area contributed by atoms with Crippen LogP contribution < -0.4 is 16.5 Å². The van der Waals surface area contributed by atoms with Gasteiger partial charge in [0.15, 0.2) is 0 Å². The van der Waals surface area contributed by atoms with Crippen LogP contribution in [-0.4, -0.2) is 139 Å². The lowest BCUT2D eigenvalue weighted by Gasteiger charge is -2.32. The third-order valence-electron chi connectivity index (χ3n) is 14.8. The monoisotopic (exact) mass is 1400 g/mol. The van der Waals surface area contributed by atoms with Gasteiger partial charge in [0.2, 0.25) is 0 Å². The predicted molar refractivity (Wildman–Crippen MR) is 364 cm³/mol. The highest BCUT2D eigenvalue weighted by atomic mass is 79.9. The molecular weight excluding hydrogens is 1310 g/mol. The van der Waals surface area contributed by atoms with Crippen molar-refractivity contribution in [1.82, 2.24) is 5.32 Å². The molecule has 4 aromatic rings. The molecule has 0 spiro atoms. The molecule has 5 aliphatic heterocycles. The van der Waals surface area contributed by atoms with Gasteiger partial charge >= 0.3 is 27.1 Å². The summed E-state index contributed by atoms with van der Waals surface area (Å²) in [5.74, 6) is 1.02. The maximum atomic E-state index is 11.7. The van der Waals surface area contributed by atoms with E-state index in [1.807, 2.05) is 97.1 Å². The Kier molecular flexibility index (Phi) is 25.8. The van der Waals surface area contributed by atoms with E-state index in [-0.39, 0.29) is 70.9 Å². The van der Waals surface area contributed by atoms with Crippen LogP contribution in [0.15, 0.2) is 120 Å². The van der Waals surface area contributed by atoms with Gasteiger partial charge in [-0.2, -0.15) is 0 Å². The zero-order chi connectivity index (χ0) is 64.6. The number of carbonyl (C=O) groups excluding carboxylic acids is 1. The largest absolute Gasteiger partial charge is 0.494 e. The first-order chi connectivity index (χ1) is 38.7. The molecule has 1 amide bonds. The van der Waals surface area contributed by atoms with Crippen molar-refractivity contribution in [2.45, 2.75) is 194 Å². The Hall–Kier alpha value is -2.87. The number of nitrogens with one attached hydrogen (secondary N) is 1. The molecule has 5 heterocycles. The highest BCUT2D eigenvalue weighted by Gasteiger charge is 2.64. The number of amides is 1. The average molecular weight is 1400 g/mol. The van der Waals surface area contributed by atoms with Crippen LogP contribution in [0.3, 0.4) is 0 Å². The number of nitrogens with zero attached hydrogens (tertiary/aromatic N) is 2. The van der Waals surface area contributed by atoms with Crippen LogP contribution in [0.2, 0.25) is 0 Å². The van der Waals surface area contributed by atoms with Crippen molar-refractivity contribution < 1.29 is 52.8 Å². The number of rotatable bonds is 9. The molecule has 0 saturated carbocycles. The Morgan fingerprint density at radius 3 is 1.21 bits per heavy atom. The summed E-state index contributed by atoms with van der Waals surface area (Å²) < 4.78 is 38.9. The lowest BCUT2D eigenvalue weighted by Crippen LogP contribution is -2.46. The first-order valence-corrected chi connectivity index (χ1v) is 32.6. The van der Waals surface area contributed by atoms with Crippen molar-refractivity contribution in [3.05, 3.63) is 133 Å². The molecule has 85 heavy (non-hydrogen) atoms. The number of carboxylic acid groups (broad SMARTS) is 1. The molecule has 0 aliphatic carbocycles. The number of halogens is 3. The van der Waals surface area contributed by atoms with Crippen molar-refractivity contribution in [2.24, 2.45) is 15.7 Å². The molecule has 3 fully saturated rings. The molecule has 0 atom stereocenters. The number of carbonyl (C=O) groups is 2. The van der Waals surface area contributed by atoms with Gasteiger partial charge in [-0.1, -0.05) is 96.3 Å². The van der Waals surface area contributed by atoms with Gasteiger partial charge in [-0.3, -0.25) is 14.8 Å². The molecule has 466 valence electrons. The quantitative estimate of drug-likeness (QED) is 0.0987. The first kappa shape index (κ1) is 74.6. The minimum atomic E-state index is -0.902. The van der Waals surface area contributed by atoms with Gasteiger partial charge in [0.1, 0.15) is 0 Å². The fraction of sp³-hybridized carbons (Fsp3) is 0.548. The van der Waals surface area contributed by atoms with Crippen LogP contribution in [0.25, 0.3) is 0 Å². The summed E-state index contributed by atoms with van der Waals surface area (Å²) in [4.78, 5) is 31.6. The Morgan fingerprint density at radius 2 is 0.882 bits per heavy atom. The van der Waals surface area contributed by atoms with Gasteiger partial charge in [0.05, 0.1) is 79.1 Å². The number of thioether (sulfide) groups is 2. The molecule has 9 rings (SSSR count). The van der Waals surface area contributed by atoms with Crippen LogP contribution in [0.4, 0.5) is 0 Å². The predicted octanol–water partition coefficient (Wildman–Crippen LogP) is 13.0. The van der Waals surface area contributed by atoms with Crippen molar-refractivity contribution >= 4 is 120 Å². The van der Waals surface area contributed by atoms with Gasteiger partial charge in [-0.05, 0) is 192 Å². The summed E-state index contributed by atoms with van der Waals surface area (Å²) in [7, 11) is -1.27.